The van der Waals surface area contributed by atoms with Gasteiger partial charge in [0.25, 0.3) is 0 Å². The number of fused-ring (bicyclic) bond motifs is 1. The average molecular weight is 279 g/mol. The van der Waals surface area contributed by atoms with E-state index in [1.807, 2.05) is 19.0 Å². The lowest BCUT2D eigenvalue weighted by atomic mass is 10.1. The first-order valence-electron chi connectivity index (χ1n) is 6.18. The number of nitrogens with zero attached hydrogens (tertiary/aromatic N) is 1. The van der Waals surface area contributed by atoms with E-state index >= 15 is 0 Å². The summed E-state index contributed by atoms with van der Waals surface area (Å²) in [6, 6.07) is 3.44. The first-order chi connectivity index (χ1) is 9.56. The second-order valence-corrected chi connectivity index (χ2v) is 4.57. The molecular weight excluding hydrogens is 262 g/mol. The second kappa shape index (κ2) is 6.29. The van der Waals surface area contributed by atoms with Crippen LogP contribution in [0.15, 0.2) is 18.2 Å². The second-order valence-electron chi connectivity index (χ2n) is 4.57. The summed E-state index contributed by atoms with van der Waals surface area (Å²) in [6.07, 6.45) is 2.55. The zero-order valence-electron chi connectivity index (χ0n) is 11.5. The molecule has 1 aliphatic rings. The Balaban J connectivity index is 2.20. The summed E-state index contributed by atoms with van der Waals surface area (Å²) >= 11 is 0. The van der Waals surface area contributed by atoms with Crippen LogP contribution in [0.25, 0.3) is 6.08 Å². The third kappa shape index (κ3) is 3.64. The minimum atomic E-state index is -1.01. The van der Waals surface area contributed by atoms with Gasteiger partial charge in [0.1, 0.15) is 12.4 Å². The molecule has 0 unspecified atom stereocenters. The molecule has 0 amide bonds. The fourth-order valence-electron chi connectivity index (χ4n) is 1.69. The Morgan fingerprint density at radius 3 is 2.75 bits per heavy atom. The molecule has 6 heteroatoms. The van der Waals surface area contributed by atoms with Gasteiger partial charge in [0, 0.05) is 24.3 Å². The van der Waals surface area contributed by atoms with Gasteiger partial charge in [0.15, 0.2) is 11.5 Å². The molecule has 0 bridgehead atoms. The van der Waals surface area contributed by atoms with E-state index in [9.17, 15) is 4.79 Å². The van der Waals surface area contributed by atoms with Crippen LogP contribution in [0, 0.1) is 0 Å². The predicted molar refractivity (Wildman–Crippen MR) is 73.3 cm³/mol. The molecule has 0 saturated heterocycles. The number of ether oxygens (including phenoxy) is 3. The van der Waals surface area contributed by atoms with Crippen molar-refractivity contribution in [1.29, 1.82) is 0 Å². The fourth-order valence-corrected chi connectivity index (χ4v) is 1.69. The Bertz CT molecular complexity index is 525. The Morgan fingerprint density at radius 2 is 2.10 bits per heavy atom. The van der Waals surface area contributed by atoms with E-state index < -0.39 is 5.97 Å². The van der Waals surface area contributed by atoms with Crippen LogP contribution in [0.2, 0.25) is 0 Å². The molecule has 0 aliphatic carbocycles. The standard InChI is InChI=1S/C14H17NO5/c1-15(2)5-6-18-11-8-13-12(19-9-20-13)7-10(11)3-4-14(16)17/h3-4,7-8H,5-6,9H2,1-2H3,(H,16,17). The summed E-state index contributed by atoms with van der Waals surface area (Å²) in [5.74, 6) is 0.767. The summed E-state index contributed by atoms with van der Waals surface area (Å²) < 4.78 is 16.3. The zero-order valence-corrected chi connectivity index (χ0v) is 11.5. The van der Waals surface area contributed by atoms with Crippen molar-refractivity contribution in [1.82, 2.24) is 4.90 Å². The number of rotatable bonds is 6. The van der Waals surface area contributed by atoms with Crippen molar-refractivity contribution in [2.75, 3.05) is 34.0 Å². The van der Waals surface area contributed by atoms with E-state index in [4.69, 9.17) is 19.3 Å². The predicted octanol–water partition coefficient (Wildman–Crippen LogP) is 1.45. The van der Waals surface area contributed by atoms with E-state index in [2.05, 4.69) is 0 Å². The number of hydrogen-bond donors (Lipinski definition) is 1. The molecule has 1 aromatic carbocycles. The molecule has 1 aromatic rings. The van der Waals surface area contributed by atoms with Crippen LogP contribution in [0.1, 0.15) is 5.56 Å². The van der Waals surface area contributed by atoms with Crippen LogP contribution < -0.4 is 14.2 Å². The smallest absolute Gasteiger partial charge is 0.328 e. The van der Waals surface area contributed by atoms with Gasteiger partial charge < -0.3 is 24.2 Å². The molecule has 0 aromatic heterocycles. The van der Waals surface area contributed by atoms with Gasteiger partial charge in [-0.3, -0.25) is 0 Å². The molecule has 20 heavy (non-hydrogen) atoms. The lowest BCUT2D eigenvalue weighted by Crippen LogP contribution is -2.19. The molecule has 108 valence electrons. The first kappa shape index (κ1) is 14.2. The van der Waals surface area contributed by atoms with Gasteiger partial charge in [-0.2, -0.15) is 0 Å². The Morgan fingerprint density at radius 1 is 1.40 bits per heavy atom. The van der Waals surface area contributed by atoms with Crippen LogP contribution in [-0.4, -0.2) is 50.0 Å². The third-order valence-electron chi connectivity index (χ3n) is 2.71. The van der Waals surface area contributed by atoms with Gasteiger partial charge in [-0.05, 0) is 26.2 Å². The van der Waals surface area contributed by atoms with Crippen molar-refractivity contribution in [3.8, 4) is 17.2 Å². The third-order valence-corrected chi connectivity index (χ3v) is 2.71. The van der Waals surface area contributed by atoms with E-state index in [0.29, 0.717) is 29.4 Å². The number of carboxylic acids is 1. The Labute approximate surface area is 117 Å². The maximum absolute atomic E-state index is 10.6. The molecule has 2 rings (SSSR count). The van der Waals surface area contributed by atoms with Gasteiger partial charge in [-0.15, -0.1) is 0 Å². The number of aliphatic carboxylic acids is 1. The highest BCUT2D eigenvalue weighted by atomic mass is 16.7. The molecule has 1 aliphatic heterocycles. The van der Waals surface area contributed by atoms with Gasteiger partial charge in [0.05, 0.1) is 0 Å². The number of carboxylic acid groups (broad SMARTS) is 1. The van der Waals surface area contributed by atoms with Gasteiger partial charge in [0.2, 0.25) is 6.79 Å². The molecule has 0 saturated carbocycles. The van der Waals surface area contributed by atoms with Gasteiger partial charge >= 0.3 is 5.97 Å². The van der Waals surface area contributed by atoms with Gasteiger partial charge in [-0.1, -0.05) is 0 Å². The zero-order chi connectivity index (χ0) is 14.5. The molecule has 6 nitrogen and oxygen atoms in total. The summed E-state index contributed by atoms with van der Waals surface area (Å²) in [5.41, 5.74) is 0.649. The summed E-state index contributed by atoms with van der Waals surface area (Å²) in [6.45, 7) is 1.43. The van der Waals surface area contributed by atoms with E-state index in [0.717, 1.165) is 12.6 Å². The SMILES string of the molecule is CN(C)CCOc1cc2c(cc1C=CC(=O)O)OCO2. The minimum absolute atomic E-state index is 0.165. The minimum Gasteiger partial charge on any atom is -0.491 e. The monoisotopic (exact) mass is 279 g/mol. The average Bonchev–Trinajstić information content (AvgIpc) is 2.82. The fraction of sp³-hybridized carbons (Fsp3) is 0.357. The largest absolute Gasteiger partial charge is 0.491 e. The highest BCUT2D eigenvalue weighted by Gasteiger charge is 2.17. The first-order valence-corrected chi connectivity index (χ1v) is 6.18. The lowest BCUT2D eigenvalue weighted by Gasteiger charge is -2.13. The van der Waals surface area contributed by atoms with E-state index in [1.165, 1.54) is 6.08 Å². The maximum Gasteiger partial charge on any atom is 0.328 e. The highest BCUT2D eigenvalue weighted by molar-refractivity contribution is 5.86. The summed E-state index contributed by atoms with van der Waals surface area (Å²) in [5, 5.41) is 8.72. The normalized spacial score (nSPS) is 13.2. The Kier molecular flexibility index (Phi) is 4.47. The van der Waals surface area contributed by atoms with E-state index in [1.54, 1.807) is 12.1 Å². The topological polar surface area (TPSA) is 68.2 Å². The van der Waals surface area contributed by atoms with Crippen molar-refractivity contribution in [3.05, 3.63) is 23.8 Å². The van der Waals surface area contributed by atoms with Gasteiger partial charge in [-0.25, -0.2) is 4.79 Å². The molecule has 0 atom stereocenters. The molecule has 1 heterocycles. The van der Waals surface area contributed by atoms with Crippen LogP contribution in [0.5, 0.6) is 17.2 Å². The Hall–Kier alpha value is -2.21. The lowest BCUT2D eigenvalue weighted by molar-refractivity contribution is -0.131. The molecule has 1 N–H and O–H groups in total. The van der Waals surface area contributed by atoms with Crippen LogP contribution in [0.3, 0.4) is 0 Å². The van der Waals surface area contributed by atoms with Crippen molar-refractivity contribution in [2.24, 2.45) is 0 Å². The number of likely N-dealkylation sites (N-methyl/N-ethyl adjacent to an activating group) is 1. The summed E-state index contributed by atoms with van der Waals surface area (Å²) in [4.78, 5) is 12.6. The number of hydrogen-bond acceptors (Lipinski definition) is 5. The molecule has 0 fully saturated rings. The molecule has 0 spiro atoms. The number of benzene rings is 1. The van der Waals surface area contributed by atoms with Crippen LogP contribution in [0.4, 0.5) is 0 Å². The highest BCUT2D eigenvalue weighted by Crippen LogP contribution is 2.38. The molecule has 0 radical (unpaired) electrons. The summed E-state index contributed by atoms with van der Waals surface area (Å²) in [7, 11) is 3.91. The van der Waals surface area contributed by atoms with Crippen LogP contribution >= 0.6 is 0 Å². The van der Waals surface area contributed by atoms with Crippen molar-refractivity contribution >= 4 is 12.0 Å². The maximum atomic E-state index is 10.6. The number of carbonyl (C=O) groups is 1. The quantitative estimate of drug-likeness (QED) is 0.795. The van der Waals surface area contributed by atoms with Crippen molar-refractivity contribution < 1.29 is 24.1 Å². The van der Waals surface area contributed by atoms with Crippen molar-refractivity contribution in [3.63, 3.8) is 0 Å². The van der Waals surface area contributed by atoms with Crippen molar-refractivity contribution in [2.45, 2.75) is 0 Å². The molecular formula is C14H17NO5. The van der Waals surface area contributed by atoms with Crippen LogP contribution in [-0.2, 0) is 4.79 Å². The van der Waals surface area contributed by atoms with E-state index in [-0.39, 0.29) is 6.79 Å².